The summed E-state index contributed by atoms with van der Waals surface area (Å²) < 4.78 is 8.61. The number of halogens is 1. The van der Waals surface area contributed by atoms with Crippen LogP contribution in [0.1, 0.15) is 25.1 Å². The van der Waals surface area contributed by atoms with Crippen molar-refractivity contribution < 1.29 is 9.53 Å². The summed E-state index contributed by atoms with van der Waals surface area (Å²) in [6.45, 7) is 2.27. The lowest BCUT2D eigenvalue weighted by Crippen LogP contribution is -2.49. The minimum absolute atomic E-state index is 0.0232. The first-order valence-corrected chi connectivity index (χ1v) is 7.98. The molecule has 0 saturated heterocycles. The van der Waals surface area contributed by atoms with Crippen molar-refractivity contribution in [2.45, 2.75) is 31.6 Å². The van der Waals surface area contributed by atoms with Crippen LogP contribution in [0.3, 0.4) is 0 Å². The number of carbonyl (C=O) groups excluding carboxylic acids is 1. The molecule has 1 aliphatic heterocycles. The topological polar surface area (TPSA) is 48.3 Å². The van der Waals surface area contributed by atoms with Gasteiger partial charge in [-0.25, -0.2) is 0 Å². The van der Waals surface area contributed by atoms with Crippen LogP contribution in [0.4, 0.5) is 0 Å². The molecule has 4 nitrogen and oxygen atoms in total. The van der Waals surface area contributed by atoms with Crippen LogP contribution in [0, 0.1) is 0 Å². The summed E-state index contributed by atoms with van der Waals surface area (Å²) in [4.78, 5) is 24.8. The Hall–Kier alpha value is -1.72. The smallest absolute Gasteiger partial charge is 0.259 e. The van der Waals surface area contributed by atoms with Crippen LogP contribution in [0.2, 0.25) is 0 Å². The average molecular weight is 360 g/mol. The van der Waals surface area contributed by atoms with Crippen LogP contribution < -0.4 is 5.56 Å². The number of benzene rings is 1. The third kappa shape index (κ3) is 1.79. The molecular formula is C17H14BrNO3. The SMILES string of the molecule is C[C@]12C=CC(=O)C[C@H]1n1c(c(Br)c3ccccc3c1=O)CO2. The van der Waals surface area contributed by atoms with E-state index in [1.165, 1.54) is 0 Å². The van der Waals surface area contributed by atoms with Crippen molar-refractivity contribution in [3.8, 4) is 0 Å². The van der Waals surface area contributed by atoms with Gasteiger partial charge in [0.2, 0.25) is 0 Å². The maximum atomic E-state index is 13.0. The molecule has 4 rings (SSSR count). The Balaban J connectivity index is 2.08. The quantitative estimate of drug-likeness (QED) is 0.725. The number of ether oxygens (including phenoxy) is 1. The van der Waals surface area contributed by atoms with Crippen molar-refractivity contribution in [3.05, 3.63) is 56.9 Å². The minimum Gasteiger partial charge on any atom is -0.363 e. The lowest BCUT2D eigenvalue weighted by atomic mass is 9.84. The van der Waals surface area contributed by atoms with Gasteiger partial charge in [-0.3, -0.25) is 9.59 Å². The molecule has 1 aromatic carbocycles. The second-order valence-corrected chi connectivity index (χ2v) is 6.77. The first-order chi connectivity index (χ1) is 10.5. The number of pyridine rings is 1. The van der Waals surface area contributed by atoms with E-state index >= 15 is 0 Å². The van der Waals surface area contributed by atoms with E-state index in [4.69, 9.17) is 4.74 Å². The molecule has 2 atom stereocenters. The molecule has 2 aromatic rings. The van der Waals surface area contributed by atoms with Crippen LogP contribution in [0.25, 0.3) is 10.8 Å². The number of hydrogen-bond acceptors (Lipinski definition) is 3. The van der Waals surface area contributed by atoms with Crippen LogP contribution in [0.5, 0.6) is 0 Å². The van der Waals surface area contributed by atoms with E-state index in [1.54, 1.807) is 16.7 Å². The molecule has 5 heteroatoms. The zero-order valence-electron chi connectivity index (χ0n) is 12.0. The van der Waals surface area contributed by atoms with Crippen LogP contribution in [0.15, 0.2) is 45.7 Å². The van der Waals surface area contributed by atoms with Gasteiger partial charge in [0.05, 0.1) is 18.3 Å². The van der Waals surface area contributed by atoms with Crippen molar-refractivity contribution >= 4 is 32.5 Å². The minimum atomic E-state index is -0.618. The fourth-order valence-corrected chi connectivity index (χ4v) is 4.03. The molecule has 0 bridgehead atoms. The van der Waals surface area contributed by atoms with Crippen LogP contribution in [-0.4, -0.2) is 16.0 Å². The van der Waals surface area contributed by atoms with Gasteiger partial charge < -0.3 is 9.30 Å². The van der Waals surface area contributed by atoms with E-state index in [1.807, 2.05) is 31.2 Å². The first kappa shape index (κ1) is 13.9. The maximum Gasteiger partial charge on any atom is 0.259 e. The van der Waals surface area contributed by atoms with Crippen molar-refractivity contribution in [3.63, 3.8) is 0 Å². The van der Waals surface area contributed by atoms with Gasteiger partial charge in [-0.1, -0.05) is 18.2 Å². The second kappa shape index (κ2) is 4.64. The molecule has 22 heavy (non-hydrogen) atoms. The van der Waals surface area contributed by atoms with E-state index in [-0.39, 0.29) is 23.8 Å². The highest BCUT2D eigenvalue weighted by molar-refractivity contribution is 9.10. The third-order valence-electron chi connectivity index (χ3n) is 4.64. The molecule has 1 aromatic heterocycles. The summed E-state index contributed by atoms with van der Waals surface area (Å²) in [5, 5.41) is 1.54. The number of ketones is 1. The molecule has 2 aliphatic rings. The van der Waals surface area contributed by atoms with E-state index in [0.717, 1.165) is 15.6 Å². The zero-order chi connectivity index (χ0) is 15.5. The van der Waals surface area contributed by atoms with Gasteiger partial charge in [-0.2, -0.15) is 0 Å². The van der Waals surface area contributed by atoms with Crippen LogP contribution in [-0.2, 0) is 16.1 Å². The summed E-state index contributed by atoms with van der Waals surface area (Å²) in [6.07, 6.45) is 3.62. The average Bonchev–Trinajstić information content (AvgIpc) is 2.52. The van der Waals surface area contributed by atoms with E-state index < -0.39 is 5.60 Å². The highest BCUT2D eigenvalue weighted by atomic mass is 79.9. The number of aromatic nitrogens is 1. The van der Waals surface area contributed by atoms with Gasteiger partial charge in [-0.05, 0) is 41.1 Å². The first-order valence-electron chi connectivity index (χ1n) is 7.19. The lowest BCUT2D eigenvalue weighted by molar-refractivity contribution is -0.123. The fraction of sp³-hybridized carbons (Fsp3) is 0.294. The van der Waals surface area contributed by atoms with Crippen molar-refractivity contribution in [1.29, 1.82) is 0 Å². The molecule has 112 valence electrons. The molecule has 0 N–H and O–H groups in total. The molecule has 0 saturated carbocycles. The van der Waals surface area contributed by atoms with Gasteiger partial charge in [0.25, 0.3) is 5.56 Å². The largest absolute Gasteiger partial charge is 0.363 e. The number of fused-ring (bicyclic) bond motifs is 4. The number of hydrogen-bond donors (Lipinski definition) is 0. The second-order valence-electron chi connectivity index (χ2n) is 5.97. The number of nitrogens with zero attached hydrogens (tertiary/aromatic N) is 1. The lowest BCUT2D eigenvalue weighted by Gasteiger charge is -2.43. The Bertz CT molecular complexity index is 899. The number of carbonyl (C=O) groups is 1. The summed E-state index contributed by atoms with van der Waals surface area (Å²) in [5.74, 6) is 0.0232. The summed E-state index contributed by atoms with van der Waals surface area (Å²) in [7, 11) is 0. The monoisotopic (exact) mass is 359 g/mol. The highest BCUT2D eigenvalue weighted by Gasteiger charge is 2.43. The van der Waals surface area contributed by atoms with Gasteiger partial charge in [0.15, 0.2) is 5.78 Å². The molecule has 0 spiro atoms. The predicted molar refractivity (Wildman–Crippen MR) is 86.9 cm³/mol. The Morgan fingerprint density at radius 3 is 2.77 bits per heavy atom. The highest BCUT2D eigenvalue weighted by Crippen LogP contribution is 2.41. The Labute approximate surface area is 135 Å². The molecule has 0 fully saturated rings. The summed E-state index contributed by atoms with van der Waals surface area (Å²) in [6, 6.07) is 7.20. The van der Waals surface area contributed by atoms with Gasteiger partial charge in [-0.15, -0.1) is 0 Å². The van der Waals surface area contributed by atoms with Crippen molar-refractivity contribution in [2.24, 2.45) is 0 Å². The number of allylic oxidation sites excluding steroid dienone is 1. The van der Waals surface area contributed by atoms with Gasteiger partial charge >= 0.3 is 0 Å². The summed E-state index contributed by atoms with van der Waals surface area (Å²) >= 11 is 3.61. The Morgan fingerprint density at radius 2 is 2.00 bits per heavy atom. The molecule has 0 amide bonds. The number of rotatable bonds is 0. The molecule has 0 radical (unpaired) electrons. The van der Waals surface area contributed by atoms with Crippen molar-refractivity contribution in [1.82, 2.24) is 4.57 Å². The maximum absolute atomic E-state index is 13.0. The predicted octanol–water partition coefficient (Wildman–Crippen LogP) is 3.12. The zero-order valence-corrected chi connectivity index (χ0v) is 13.6. The van der Waals surface area contributed by atoms with Gasteiger partial charge in [0.1, 0.15) is 5.60 Å². The van der Waals surface area contributed by atoms with Gasteiger partial charge in [0, 0.05) is 21.7 Å². The normalized spacial score (nSPS) is 26.8. The molecule has 0 unspecified atom stereocenters. The Kier molecular flexibility index (Phi) is 2.93. The van der Waals surface area contributed by atoms with Crippen LogP contribution >= 0.6 is 15.9 Å². The fourth-order valence-electron chi connectivity index (χ4n) is 3.38. The van der Waals surface area contributed by atoms with Crippen molar-refractivity contribution in [2.75, 3.05) is 0 Å². The molecule has 2 heterocycles. The molecular weight excluding hydrogens is 346 g/mol. The third-order valence-corrected chi connectivity index (χ3v) is 5.53. The van der Waals surface area contributed by atoms with E-state index in [0.29, 0.717) is 12.0 Å². The molecule has 1 aliphatic carbocycles. The summed E-state index contributed by atoms with van der Waals surface area (Å²) in [5.41, 5.74) is 0.123. The standard InChI is InChI=1S/C17H14BrNO3/c1-17-7-6-10(20)8-14(17)19-13(9-22-17)15(18)11-4-2-3-5-12(11)16(19)21/h2-7,14H,8-9H2,1H3/t14-,17+/m1/s1. The Morgan fingerprint density at radius 1 is 1.27 bits per heavy atom. The van der Waals surface area contributed by atoms with E-state index in [9.17, 15) is 9.59 Å². The van der Waals surface area contributed by atoms with E-state index in [2.05, 4.69) is 15.9 Å².